The van der Waals surface area contributed by atoms with E-state index in [4.69, 9.17) is 9.40 Å². The van der Waals surface area contributed by atoms with Crippen LogP contribution in [0.3, 0.4) is 0 Å². The maximum absolute atomic E-state index is 9.37. The van der Waals surface area contributed by atoms with E-state index in [0.29, 0.717) is 5.56 Å². The van der Waals surface area contributed by atoms with Crippen LogP contribution in [-0.4, -0.2) is 4.98 Å². The third-order valence-electron chi connectivity index (χ3n) is 8.89. The highest BCUT2D eigenvalue weighted by molar-refractivity contribution is 6.21. The predicted molar refractivity (Wildman–Crippen MR) is 184 cm³/mol. The van der Waals surface area contributed by atoms with Crippen LogP contribution < -0.4 is 0 Å². The first-order valence-corrected chi connectivity index (χ1v) is 15.0. The van der Waals surface area contributed by atoms with E-state index in [1.54, 1.807) is 0 Å². The summed E-state index contributed by atoms with van der Waals surface area (Å²) in [5.41, 5.74) is 10.1. The number of fused-ring (bicyclic) bond motifs is 7. The second-order valence-corrected chi connectivity index (χ2v) is 11.4. The van der Waals surface area contributed by atoms with E-state index >= 15 is 0 Å². The van der Waals surface area contributed by atoms with Gasteiger partial charge < -0.3 is 4.42 Å². The zero-order chi connectivity index (χ0) is 29.9. The molecule has 0 N–H and O–H groups in total. The number of rotatable bonds is 3. The molecule has 0 aromatic heterocycles. The molecule has 0 spiro atoms. The Balaban J connectivity index is 1.27. The molecular weight excluding hydrogens is 548 g/mol. The van der Waals surface area contributed by atoms with E-state index in [-0.39, 0.29) is 0 Å². The van der Waals surface area contributed by atoms with Gasteiger partial charge in [-0.2, -0.15) is 5.26 Å². The summed E-state index contributed by atoms with van der Waals surface area (Å²) in [5.74, 6) is 0.829. The Labute approximate surface area is 259 Å². The SMILES string of the molecule is N#Cc1ccc(-c2c3ccccc3c(-c3ccc(-c4oc5ccccc5c5nc6ccccc6c4-5)cc3)c3ccccc23)cc1. The van der Waals surface area contributed by atoms with Crippen molar-refractivity contribution >= 4 is 43.4 Å². The number of nitriles is 1. The summed E-state index contributed by atoms with van der Waals surface area (Å²) < 4.78 is 6.63. The maximum atomic E-state index is 9.37. The lowest BCUT2D eigenvalue weighted by atomic mass is 9.85. The lowest BCUT2D eigenvalue weighted by Gasteiger charge is -2.18. The molecule has 0 bridgehead atoms. The Hall–Kier alpha value is -6.24. The van der Waals surface area contributed by atoms with Crippen molar-refractivity contribution in [1.82, 2.24) is 4.98 Å². The topological polar surface area (TPSA) is 49.8 Å². The normalized spacial score (nSPS) is 11.5. The molecule has 0 amide bonds. The molecule has 2 aliphatic heterocycles. The molecule has 3 nitrogen and oxygen atoms in total. The van der Waals surface area contributed by atoms with Crippen LogP contribution in [0.25, 0.3) is 88.3 Å². The van der Waals surface area contributed by atoms with Crippen molar-refractivity contribution in [2.75, 3.05) is 0 Å². The number of para-hydroxylation sites is 2. The van der Waals surface area contributed by atoms with Crippen molar-refractivity contribution in [2.24, 2.45) is 0 Å². The van der Waals surface area contributed by atoms with Gasteiger partial charge in [0.25, 0.3) is 0 Å². The lowest BCUT2D eigenvalue weighted by molar-refractivity contribution is 0.622. The number of hydrogen-bond acceptors (Lipinski definition) is 3. The van der Waals surface area contributed by atoms with Crippen molar-refractivity contribution < 1.29 is 4.42 Å². The van der Waals surface area contributed by atoms with Crippen LogP contribution in [-0.2, 0) is 0 Å². The zero-order valence-corrected chi connectivity index (χ0v) is 24.2. The van der Waals surface area contributed by atoms with Gasteiger partial charge in [-0.25, -0.2) is 4.98 Å². The molecule has 0 saturated carbocycles. The molecule has 0 radical (unpaired) electrons. The number of benzene rings is 7. The molecule has 45 heavy (non-hydrogen) atoms. The molecule has 2 heterocycles. The van der Waals surface area contributed by atoms with Crippen molar-refractivity contribution in [1.29, 1.82) is 5.26 Å². The predicted octanol–water partition coefficient (Wildman–Crippen LogP) is 11.3. The minimum absolute atomic E-state index is 0.657. The Morgan fingerprint density at radius 2 is 0.911 bits per heavy atom. The third kappa shape index (κ3) is 3.87. The van der Waals surface area contributed by atoms with Gasteiger partial charge in [-0.15, -0.1) is 0 Å². The number of hydrogen-bond donors (Lipinski definition) is 0. The summed E-state index contributed by atoms with van der Waals surface area (Å²) in [7, 11) is 0. The van der Waals surface area contributed by atoms with Gasteiger partial charge in [-0.1, -0.05) is 115 Å². The Morgan fingerprint density at radius 1 is 0.444 bits per heavy atom. The standard InChI is InChI=1S/C42H24N2O/c43-25-26-17-19-27(20-18-26)38-30-9-1-3-11-32(30)39(33-12-4-2-10-31(33)38)28-21-23-29(24-22-28)42-40-34-13-5-7-15-36(34)44-41(40)35-14-6-8-16-37(35)45-42/h1-24H. The fourth-order valence-corrected chi connectivity index (χ4v) is 6.88. The largest absolute Gasteiger partial charge is 0.455 e. The van der Waals surface area contributed by atoms with E-state index in [0.717, 1.165) is 55.6 Å². The van der Waals surface area contributed by atoms with E-state index in [1.807, 2.05) is 36.4 Å². The van der Waals surface area contributed by atoms with Gasteiger partial charge in [0.05, 0.1) is 28.4 Å². The Morgan fingerprint density at radius 3 is 1.49 bits per heavy atom. The minimum Gasteiger partial charge on any atom is -0.455 e. The zero-order valence-electron chi connectivity index (χ0n) is 24.2. The van der Waals surface area contributed by atoms with Crippen molar-refractivity contribution in [2.45, 2.75) is 0 Å². The van der Waals surface area contributed by atoms with Crippen molar-refractivity contribution in [3.63, 3.8) is 0 Å². The van der Waals surface area contributed by atoms with E-state index in [2.05, 4.69) is 115 Å². The molecular formula is C42H24N2O. The van der Waals surface area contributed by atoms with Crippen LogP contribution in [0.15, 0.2) is 150 Å². The van der Waals surface area contributed by atoms with Gasteiger partial charge in [0.15, 0.2) is 0 Å². The van der Waals surface area contributed by atoms with Crippen LogP contribution in [0.1, 0.15) is 5.56 Å². The van der Waals surface area contributed by atoms with Gasteiger partial charge in [-0.3, -0.25) is 0 Å². The highest BCUT2D eigenvalue weighted by Crippen LogP contribution is 2.46. The molecule has 0 saturated heterocycles. The monoisotopic (exact) mass is 572 g/mol. The molecule has 7 aromatic carbocycles. The quantitative estimate of drug-likeness (QED) is 0.198. The highest BCUT2D eigenvalue weighted by Gasteiger charge is 2.23. The van der Waals surface area contributed by atoms with Crippen molar-refractivity contribution in [3.05, 3.63) is 151 Å². The van der Waals surface area contributed by atoms with Crippen LogP contribution in [0.2, 0.25) is 0 Å². The Kier molecular flexibility index (Phi) is 5.57. The molecule has 7 aromatic rings. The summed E-state index contributed by atoms with van der Waals surface area (Å²) in [6.07, 6.45) is 0. The lowest BCUT2D eigenvalue weighted by Crippen LogP contribution is -1.91. The van der Waals surface area contributed by atoms with E-state index in [9.17, 15) is 5.26 Å². The highest BCUT2D eigenvalue weighted by atomic mass is 16.3. The average molecular weight is 573 g/mol. The number of aromatic nitrogens is 1. The first kappa shape index (κ1) is 25.3. The fourth-order valence-electron chi connectivity index (χ4n) is 6.88. The third-order valence-corrected chi connectivity index (χ3v) is 8.89. The Bertz CT molecular complexity index is 2530. The van der Waals surface area contributed by atoms with Crippen LogP contribution in [0.4, 0.5) is 0 Å². The second-order valence-electron chi connectivity index (χ2n) is 11.4. The smallest absolute Gasteiger partial charge is 0.144 e. The molecule has 9 rings (SSSR count). The van der Waals surface area contributed by atoms with Gasteiger partial charge >= 0.3 is 0 Å². The van der Waals surface area contributed by atoms with Crippen LogP contribution >= 0.6 is 0 Å². The first-order chi connectivity index (χ1) is 22.3. The summed E-state index contributed by atoms with van der Waals surface area (Å²) >= 11 is 0. The maximum Gasteiger partial charge on any atom is 0.144 e. The molecule has 0 unspecified atom stereocenters. The van der Waals surface area contributed by atoms with Gasteiger partial charge in [0.2, 0.25) is 0 Å². The van der Waals surface area contributed by atoms with E-state index in [1.165, 1.54) is 32.7 Å². The van der Waals surface area contributed by atoms with Crippen molar-refractivity contribution in [3.8, 4) is 50.9 Å². The molecule has 0 aliphatic carbocycles. The van der Waals surface area contributed by atoms with E-state index < -0.39 is 0 Å². The number of nitrogens with zero attached hydrogens (tertiary/aromatic N) is 2. The van der Waals surface area contributed by atoms with Crippen LogP contribution in [0.5, 0.6) is 0 Å². The van der Waals surface area contributed by atoms with Gasteiger partial charge in [-0.05, 0) is 74.1 Å². The van der Waals surface area contributed by atoms with Gasteiger partial charge in [0.1, 0.15) is 11.3 Å². The fraction of sp³-hybridized carbons (Fsp3) is 0. The average Bonchev–Trinajstić information content (AvgIpc) is 3.51. The minimum atomic E-state index is 0.657. The molecule has 208 valence electrons. The molecule has 3 heteroatoms. The molecule has 2 aliphatic rings. The summed E-state index contributed by atoms with van der Waals surface area (Å²) in [6.45, 7) is 0. The first-order valence-electron chi connectivity index (χ1n) is 15.0. The summed E-state index contributed by atoms with van der Waals surface area (Å²) in [6, 6.07) is 52.5. The summed E-state index contributed by atoms with van der Waals surface area (Å²) in [5, 5.41) is 16.2. The molecule has 0 fully saturated rings. The summed E-state index contributed by atoms with van der Waals surface area (Å²) in [4.78, 5) is 5.03. The second kappa shape index (κ2) is 9.91. The van der Waals surface area contributed by atoms with Crippen LogP contribution in [0, 0.1) is 11.3 Å². The van der Waals surface area contributed by atoms with Gasteiger partial charge in [0, 0.05) is 16.3 Å². The molecule has 0 atom stereocenters.